The van der Waals surface area contributed by atoms with E-state index in [2.05, 4.69) is 15.3 Å². The lowest BCUT2D eigenvalue weighted by Gasteiger charge is -2.11. The van der Waals surface area contributed by atoms with Crippen molar-refractivity contribution >= 4 is 30.0 Å². The van der Waals surface area contributed by atoms with Gasteiger partial charge in [0.15, 0.2) is 0 Å². The molecular formula is C27H23ClFN3O3. The van der Waals surface area contributed by atoms with E-state index in [-0.39, 0.29) is 11.8 Å². The van der Waals surface area contributed by atoms with Crippen molar-refractivity contribution in [3.8, 4) is 17.3 Å². The topological polar surface area (TPSA) is 81.2 Å². The standard InChI is InChI=1S/C20H17ClFN3O2.C7H6O/c1-27-20-24-18(14-5-2-4-13(10-14)12-26)11-19(25-20)23-9-8-15-16(21)6-3-7-17(15)22;8-6-7-4-2-1-3-5-7/h2-7,10-12H,8-9H2,1H3,(H,23,24,25);1-6H. The summed E-state index contributed by atoms with van der Waals surface area (Å²) in [5.41, 5.74) is 3.10. The average Bonchev–Trinajstić information content (AvgIpc) is 2.91. The van der Waals surface area contributed by atoms with Crippen LogP contribution in [0.2, 0.25) is 5.02 Å². The molecule has 1 heterocycles. The summed E-state index contributed by atoms with van der Waals surface area (Å²) in [5.74, 6) is 0.191. The molecule has 4 rings (SSSR count). The van der Waals surface area contributed by atoms with Crippen LogP contribution < -0.4 is 10.1 Å². The number of hydrogen-bond acceptors (Lipinski definition) is 6. The van der Waals surface area contributed by atoms with Crippen molar-refractivity contribution < 1.29 is 18.7 Å². The van der Waals surface area contributed by atoms with E-state index < -0.39 is 0 Å². The molecule has 8 heteroatoms. The molecule has 0 amide bonds. The van der Waals surface area contributed by atoms with Gasteiger partial charge in [-0.05, 0) is 24.6 Å². The van der Waals surface area contributed by atoms with Gasteiger partial charge in [0.2, 0.25) is 0 Å². The molecule has 0 saturated carbocycles. The summed E-state index contributed by atoms with van der Waals surface area (Å²) in [6.45, 7) is 0.425. The first-order chi connectivity index (χ1) is 17.0. The second-order valence-corrected chi connectivity index (χ2v) is 7.68. The third-order valence-corrected chi connectivity index (χ3v) is 5.24. The molecule has 0 aliphatic heterocycles. The highest BCUT2D eigenvalue weighted by molar-refractivity contribution is 6.31. The van der Waals surface area contributed by atoms with Crippen LogP contribution in [-0.2, 0) is 6.42 Å². The Bertz CT molecular complexity index is 1270. The van der Waals surface area contributed by atoms with E-state index in [1.165, 1.54) is 13.2 Å². The fourth-order valence-corrected chi connectivity index (χ4v) is 3.40. The highest BCUT2D eigenvalue weighted by Crippen LogP contribution is 2.24. The Morgan fingerprint density at radius 3 is 2.29 bits per heavy atom. The summed E-state index contributed by atoms with van der Waals surface area (Å²) in [4.78, 5) is 29.6. The number of carbonyl (C=O) groups is 2. The minimum atomic E-state index is -0.337. The van der Waals surface area contributed by atoms with Gasteiger partial charge < -0.3 is 10.1 Å². The third-order valence-electron chi connectivity index (χ3n) is 4.89. The van der Waals surface area contributed by atoms with Gasteiger partial charge in [-0.15, -0.1) is 0 Å². The van der Waals surface area contributed by atoms with Crippen LogP contribution in [0.4, 0.5) is 10.2 Å². The molecule has 0 unspecified atom stereocenters. The summed E-state index contributed by atoms with van der Waals surface area (Å²) < 4.78 is 19.0. The Labute approximate surface area is 207 Å². The van der Waals surface area contributed by atoms with E-state index in [1.807, 2.05) is 24.3 Å². The predicted molar refractivity (Wildman–Crippen MR) is 135 cm³/mol. The van der Waals surface area contributed by atoms with Crippen LogP contribution in [0.5, 0.6) is 6.01 Å². The third kappa shape index (κ3) is 7.45. The zero-order valence-corrected chi connectivity index (χ0v) is 19.7. The molecule has 0 fully saturated rings. The first kappa shape index (κ1) is 25.5. The Hall–Kier alpha value is -4.10. The minimum Gasteiger partial charge on any atom is -0.467 e. The van der Waals surface area contributed by atoms with Crippen molar-refractivity contribution in [2.24, 2.45) is 0 Å². The van der Waals surface area contributed by atoms with Crippen LogP contribution in [0.1, 0.15) is 26.3 Å². The van der Waals surface area contributed by atoms with E-state index in [0.29, 0.717) is 40.6 Å². The van der Waals surface area contributed by atoms with Gasteiger partial charge in [-0.2, -0.15) is 9.97 Å². The first-order valence-electron chi connectivity index (χ1n) is 10.7. The van der Waals surface area contributed by atoms with E-state index in [4.69, 9.17) is 16.3 Å². The molecule has 0 radical (unpaired) electrons. The van der Waals surface area contributed by atoms with E-state index in [9.17, 15) is 14.0 Å². The average molecular weight is 492 g/mol. The number of hydrogen-bond donors (Lipinski definition) is 1. The molecule has 1 aromatic heterocycles. The number of aldehydes is 2. The van der Waals surface area contributed by atoms with Gasteiger partial charge in [0.1, 0.15) is 24.2 Å². The maximum absolute atomic E-state index is 13.9. The monoisotopic (exact) mass is 491 g/mol. The molecule has 0 spiro atoms. The molecule has 6 nitrogen and oxygen atoms in total. The lowest BCUT2D eigenvalue weighted by molar-refractivity contribution is 0.111. The predicted octanol–water partition coefficient (Wildman–Crippen LogP) is 5.91. The number of benzene rings is 3. The Balaban J connectivity index is 0.000000363. The van der Waals surface area contributed by atoms with Crippen molar-refractivity contribution in [2.75, 3.05) is 19.0 Å². The molecule has 3 aromatic carbocycles. The molecule has 0 atom stereocenters. The summed E-state index contributed by atoms with van der Waals surface area (Å²) >= 11 is 6.05. The molecule has 1 N–H and O–H groups in total. The highest BCUT2D eigenvalue weighted by Gasteiger charge is 2.10. The maximum Gasteiger partial charge on any atom is 0.318 e. The number of aromatic nitrogens is 2. The van der Waals surface area contributed by atoms with Crippen molar-refractivity contribution in [1.82, 2.24) is 9.97 Å². The van der Waals surface area contributed by atoms with Crippen LogP contribution in [0.15, 0.2) is 78.9 Å². The second kappa shape index (κ2) is 13.0. The largest absolute Gasteiger partial charge is 0.467 e. The summed E-state index contributed by atoms with van der Waals surface area (Å²) in [5, 5.41) is 3.53. The van der Waals surface area contributed by atoms with Crippen LogP contribution in [0.3, 0.4) is 0 Å². The van der Waals surface area contributed by atoms with Crippen molar-refractivity contribution in [1.29, 1.82) is 0 Å². The van der Waals surface area contributed by atoms with Gasteiger partial charge in [0, 0.05) is 39.9 Å². The summed E-state index contributed by atoms with van der Waals surface area (Å²) in [6.07, 6.45) is 2.01. The van der Waals surface area contributed by atoms with Crippen LogP contribution in [0, 0.1) is 5.82 Å². The summed E-state index contributed by atoms with van der Waals surface area (Å²) in [6, 6.07) is 22.7. The van der Waals surface area contributed by atoms with Crippen molar-refractivity contribution in [3.63, 3.8) is 0 Å². The maximum atomic E-state index is 13.9. The molecule has 0 aliphatic rings. The number of halogens is 2. The number of nitrogens with one attached hydrogen (secondary N) is 1. The number of nitrogens with zero attached hydrogens (tertiary/aromatic N) is 2. The normalized spacial score (nSPS) is 10.0. The van der Waals surface area contributed by atoms with Gasteiger partial charge in [0.25, 0.3) is 0 Å². The number of anilines is 1. The lowest BCUT2D eigenvalue weighted by atomic mass is 10.1. The van der Waals surface area contributed by atoms with Gasteiger partial charge in [0.05, 0.1) is 12.8 Å². The summed E-state index contributed by atoms with van der Waals surface area (Å²) in [7, 11) is 1.48. The first-order valence-corrected chi connectivity index (χ1v) is 11.1. The fraction of sp³-hybridized carbons (Fsp3) is 0.111. The number of carbonyl (C=O) groups excluding carboxylic acids is 2. The number of ether oxygens (including phenoxy) is 1. The molecule has 0 bridgehead atoms. The lowest BCUT2D eigenvalue weighted by Crippen LogP contribution is -2.09. The number of rotatable bonds is 8. The van der Waals surface area contributed by atoms with Crippen LogP contribution in [0.25, 0.3) is 11.3 Å². The van der Waals surface area contributed by atoms with Gasteiger partial charge in [-0.25, -0.2) is 4.39 Å². The molecule has 35 heavy (non-hydrogen) atoms. The van der Waals surface area contributed by atoms with E-state index in [0.717, 1.165) is 23.7 Å². The minimum absolute atomic E-state index is 0.190. The number of methoxy groups -OCH3 is 1. The second-order valence-electron chi connectivity index (χ2n) is 7.27. The van der Waals surface area contributed by atoms with Crippen molar-refractivity contribution in [3.05, 3.63) is 106 Å². The smallest absolute Gasteiger partial charge is 0.318 e. The highest BCUT2D eigenvalue weighted by atomic mass is 35.5. The molecular weight excluding hydrogens is 469 g/mol. The molecule has 0 aliphatic carbocycles. The SMILES string of the molecule is COc1nc(NCCc2c(F)cccc2Cl)cc(-c2cccc(C=O)c2)n1.O=Cc1ccccc1. The zero-order chi connectivity index (χ0) is 25.0. The molecule has 0 saturated heterocycles. The van der Waals surface area contributed by atoms with Crippen LogP contribution >= 0.6 is 11.6 Å². The van der Waals surface area contributed by atoms with Crippen molar-refractivity contribution in [2.45, 2.75) is 6.42 Å². The van der Waals surface area contributed by atoms with E-state index >= 15 is 0 Å². The van der Waals surface area contributed by atoms with Crippen LogP contribution in [-0.4, -0.2) is 36.2 Å². The van der Waals surface area contributed by atoms with Gasteiger partial charge >= 0.3 is 6.01 Å². The zero-order valence-electron chi connectivity index (χ0n) is 18.9. The Morgan fingerprint density at radius 2 is 1.63 bits per heavy atom. The fourth-order valence-electron chi connectivity index (χ4n) is 3.14. The van der Waals surface area contributed by atoms with Gasteiger partial charge in [-0.3, -0.25) is 9.59 Å². The Kier molecular flexibility index (Phi) is 9.45. The quantitative estimate of drug-likeness (QED) is 0.308. The molecule has 178 valence electrons. The Morgan fingerprint density at radius 1 is 0.914 bits per heavy atom. The van der Waals surface area contributed by atoms with Gasteiger partial charge in [-0.1, -0.05) is 66.2 Å². The molecule has 4 aromatic rings. The van der Waals surface area contributed by atoms with E-state index in [1.54, 1.807) is 48.5 Å².